The van der Waals surface area contributed by atoms with Crippen molar-refractivity contribution >= 4 is 52.1 Å². The van der Waals surface area contributed by atoms with E-state index in [9.17, 15) is 4.79 Å². The Hall–Kier alpha value is -3.47. The number of aromatic nitrogens is 1. The first-order valence-corrected chi connectivity index (χ1v) is 12.6. The molecular formula is C30H27Cl2N3O. The lowest BCUT2D eigenvalue weighted by Crippen LogP contribution is -2.19. The van der Waals surface area contributed by atoms with Gasteiger partial charge in [-0.3, -0.25) is 4.79 Å². The van der Waals surface area contributed by atoms with Crippen molar-refractivity contribution < 1.29 is 4.79 Å². The number of benzene rings is 3. The van der Waals surface area contributed by atoms with E-state index in [1.807, 2.05) is 55.5 Å². The summed E-state index contributed by atoms with van der Waals surface area (Å²) in [5.41, 5.74) is 10.4. The van der Waals surface area contributed by atoms with Crippen LogP contribution in [0, 0.1) is 20.8 Å². The molecule has 4 nitrogen and oxygen atoms in total. The highest BCUT2D eigenvalue weighted by Crippen LogP contribution is 2.40. The maximum absolute atomic E-state index is 12.8. The van der Waals surface area contributed by atoms with Crippen LogP contribution >= 0.6 is 23.2 Å². The molecule has 6 heteroatoms. The predicted molar refractivity (Wildman–Crippen MR) is 151 cm³/mol. The second-order valence-electron chi connectivity index (χ2n) is 9.38. The Labute approximate surface area is 221 Å². The third-order valence-electron chi connectivity index (χ3n) is 6.48. The van der Waals surface area contributed by atoms with Gasteiger partial charge in [-0.15, -0.1) is 0 Å². The summed E-state index contributed by atoms with van der Waals surface area (Å²) in [6.45, 7) is 7.61. The molecule has 2 N–H and O–H groups in total. The molecule has 2 heterocycles. The molecule has 0 unspecified atom stereocenters. The van der Waals surface area contributed by atoms with Crippen molar-refractivity contribution in [3.63, 3.8) is 0 Å². The quantitative estimate of drug-likeness (QED) is 0.282. The number of carbonyl (C=O) groups excluding carboxylic acids is 1. The van der Waals surface area contributed by atoms with E-state index in [2.05, 4.69) is 53.3 Å². The van der Waals surface area contributed by atoms with Crippen molar-refractivity contribution in [1.82, 2.24) is 4.98 Å². The molecule has 182 valence electrons. The Morgan fingerprint density at radius 3 is 2.44 bits per heavy atom. The molecule has 5 rings (SSSR count). The minimum Gasteiger partial charge on any atom is -0.362 e. The second kappa shape index (κ2) is 9.88. The number of nitrogens with zero attached hydrogens (tertiary/aromatic N) is 1. The molecule has 0 fully saturated rings. The van der Waals surface area contributed by atoms with Crippen molar-refractivity contribution in [2.75, 3.05) is 16.8 Å². The van der Waals surface area contributed by atoms with E-state index >= 15 is 0 Å². The number of fused-ring (bicyclic) bond motifs is 1. The average Bonchev–Trinajstić information content (AvgIpc) is 3.34. The minimum atomic E-state index is -0.123. The van der Waals surface area contributed by atoms with Crippen LogP contribution in [-0.2, 0) is 6.54 Å². The molecule has 1 aliphatic heterocycles. The van der Waals surface area contributed by atoms with Crippen LogP contribution in [0.25, 0.3) is 11.6 Å². The van der Waals surface area contributed by atoms with E-state index in [4.69, 9.17) is 23.2 Å². The van der Waals surface area contributed by atoms with E-state index < -0.39 is 0 Å². The number of H-pyrrole nitrogens is 1. The fourth-order valence-electron chi connectivity index (χ4n) is 4.63. The lowest BCUT2D eigenvalue weighted by molar-refractivity contribution is 0.102. The van der Waals surface area contributed by atoms with Gasteiger partial charge in [-0.05, 0) is 92.1 Å². The second-order valence-corrected chi connectivity index (χ2v) is 10.2. The summed E-state index contributed by atoms with van der Waals surface area (Å²) in [5, 5.41) is 4.16. The van der Waals surface area contributed by atoms with E-state index in [0.29, 0.717) is 22.2 Å². The fraction of sp³-hybridized carbons (Fsp3) is 0.167. The van der Waals surface area contributed by atoms with Crippen molar-refractivity contribution in [2.24, 2.45) is 0 Å². The first-order valence-electron chi connectivity index (χ1n) is 11.8. The highest BCUT2D eigenvalue weighted by Gasteiger charge is 2.25. The summed E-state index contributed by atoms with van der Waals surface area (Å²) in [6, 6.07) is 21.6. The van der Waals surface area contributed by atoms with Gasteiger partial charge in [0, 0.05) is 47.0 Å². The standard InChI is InChI=1S/C30H27Cl2N3O/c1-18-4-7-22(8-5-18)30(36)34-24-9-11-29-25(15-24)23(14-28-19(2)12-20(3)33-28)17-35(29)16-21-6-10-26(31)27(32)13-21/h4-15,33H,16-17H2,1-3H3,(H,34,36)/b23-14+. The molecule has 0 bridgehead atoms. The number of carbonyl (C=O) groups is 1. The summed E-state index contributed by atoms with van der Waals surface area (Å²) in [4.78, 5) is 18.6. The number of aryl methyl sites for hydroxylation is 3. The number of anilines is 2. The molecule has 1 amide bonds. The smallest absolute Gasteiger partial charge is 0.255 e. The molecule has 0 atom stereocenters. The van der Waals surface area contributed by atoms with Crippen LogP contribution < -0.4 is 10.2 Å². The maximum atomic E-state index is 12.8. The zero-order valence-electron chi connectivity index (χ0n) is 20.5. The maximum Gasteiger partial charge on any atom is 0.255 e. The molecule has 1 aromatic heterocycles. The van der Waals surface area contributed by atoms with Gasteiger partial charge >= 0.3 is 0 Å². The third kappa shape index (κ3) is 5.06. The molecule has 36 heavy (non-hydrogen) atoms. The number of hydrogen-bond donors (Lipinski definition) is 2. The fourth-order valence-corrected chi connectivity index (χ4v) is 4.95. The number of hydrogen-bond acceptors (Lipinski definition) is 2. The molecule has 3 aromatic carbocycles. The molecule has 0 saturated heterocycles. The minimum absolute atomic E-state index is 0.123. The lowest BCUT2D eigenvalue weighted by atomic mass is 10.0. The molecule has 0 radical (unpaired) electrons. The number of amides is 1. The molecule has 1 aliphatic rings. The molecule has 4 aromatic rings. The summed E-state index contributed by atoms with van der Waals surface area (Å²) < 4.78 is 0. The van der Waals surface area contributed by atoms with Gasteiger partial charge in [0.2, 0.25) is 0 Å². The SMILES string of the molecule is Cc1ccc(C(=O)Nc2ccc3c(c2)/C(=C/c2[nH]c(C)cc2C)CN3Cc2ccc(Cl)c(Cl)c2)cc1. The third-order valence-corrected chi connectivity index (χ3v) is 7.22. The lowest BCUT2D eigenvalue weighted by Gasteiger charge is -2.20. The zero-order valence-corrected chi connectivity index (χ0v) is 22.0. The summed E-state index contributed by atoms with van der Waals surface area (Å²) in [7, 11) is 0. The van der Waals surface area contributed by atoms with Crippen LogP contribution in [0.3, 0.4) is 0 Å². The molecular weight excluding hydrogens is 489 g/mol. The summed E-state index contributed by atoms with van der Waals surface area (Å²) in [5.74, 6) is -0.123. The first-order chi connectivity index (χ1) is 17.3. The monoisotopic (exact) mass is 515 g/mol. The number of rotatable bonds is 5. The topological polar surface area (TPSA) is 48.1 Å². The van der Waals surface area contributed by atoms with Gasteiger partial charge in [-0.2, -0.15) is 0 Å². The zero-order chi connectivity index (χ0) is 25.4. The van der Waals surface area contributed by atoms with Gasteiger partial charge in [-0.1, -0.05) is 47.0 Å². The predicted octanol–water partition coefficient (Wildman–Crippen LogP) is 8.06. The van der Waals surface area contributed by atoms with Crippen molar-refractivity contribution in [3.05, 3.63) is 116 Å². The molecule has 0 spiro atoms. The Kier molecular flexibility index (Phi) is 6.65. The summed E-state index contributed by atoms with van der Waals surface area (Å²) in [6.07, 6.45) is 2.21. The van der Waals surface area contributed by atoms with E-state index in [1.54, 1.807) is 0 Å². The van der Waals surface area contributed by atoms with Gasteiger partial charge in [0.25, 0.3) is 5.91 Å². The normalized spacial score (nSPS) is 13.8. The summed E-state index contributed by atoms with van der Waals surface area (Å²) >= 11 is 12.4. The van der Waals surface area contributed by atoms with Crippen LogP contribution in [-0.4, -0.2) is 17.4 Å². The highest BCUT2D eigenvalue weighted by molar-refractivity contribution is 6.42. The van der Waals surface area contributed by atoms with Gasteiger partial charge in [-0.25, -0.2) is 0 Å². The van der Waals surface area contributed by atoms with Gasteiger partial charge in [0.1, 0.15) is 0 Å². The van der Waals surface area contributed by atoms with E-state index in [1.165, 1.54) is 11.1 Å². The number of nitrogens with one attached hydrogen (secondary N) is 2. The van der Waals surface area contributed by atoms with Crippen LogP contribution in [0.5, 0.6) is 0 Å². The largest absolute Gasteiger partial charge is 0.362 e. The van der Waals surface area contributed by atoms with Gasteiger partial charge in [0.05, 0.1) is 10.0 Å². The Morgan fingerprint density at radius 2 is 1.75 bits per heavy atom. The molecule has 0 aliphatic carbocycles. The first kappa shape index (κ1) is 24.2. The average molecular weight is 516 g/mol. The van der Waals surface area contributed by atoms with Crippen LogP contribution in [0.4, 0.5) is 11.4 Å². The van der Waals surface area contributed by atoms with Gasteiger partial charge < -0.3 is 15.2 Å². The van der Waals surface area contributed by atoms with Crippen LogP contribution in [0.2, 0.25) is 10.0 Å². The van der Waals surface area contributed by atoms with Gasteiger partial charge in [0.15, 0.2) is 0 Å². The Balaban J connectivity index is 1.49. The van der Waals surface area contributed by atoms with Crippen molar-refractivity contribution in [3.8, 4) is 0 Å². The molecule has 0 saturated carbocycles. The Bertz CT molecular complexity index is 1480. The van der Waals surface area contributed by atoms with Crippen LogP contribution in [0.1, 0.15) is 44.0 Å². The van der Waals surface area contributed by atoms with E-state index in [0.717, 1.165) is 46.0 Å². The Morgan fingerprint density at radius 1 is 0.972 bits per heavy atom. The van der Waals surface area contributed by atoms with Crippen molar-refractivity contribution in [1.29, 1.82) is 0 Å². The van der Waals surface area contributed by atoms with Crippen LogP contribution in [0.15, 0.2) is 66.7 Å². The number of halogens is 2. The van der Waals surface area contributed by atoms with E-state index in [-0.39, 0.29) is 5.91 Å². The number of aromatic amines is 1. The van der Waals surface area contributed by atoms with Crippen molar-refractivity contribution in [2.45, 2.75) is 27.3 Å². The highest BCUT2D eigenvalue weighted by atomic mass is 35.5.